The molecule has 1 saturated heterocycles. The fourth-order valence-electron chi connectivity index (χ4n) is 6.42. The van der Waals surface area contributed by atoms with Crippen LogP contribution in [0, 0.1) is 11.3 Å². The molecule has 0 radical (unpaired) electrons. The van der Waals surface area contributed by atoms with Gasteiger partial charge in [-0.3, -0.25) is 4.79 Å². The average molecular weight is 501 g/mol. The normalized spacial score (nSPS) is 26.5. The highest BCUT2D eigenvalue weighted by molar-refractivity contribution is 5.84. The van der Waals surface area contributed by atoms with Gasteiger partial charge in [0.25, 0.3) is 0 Å². The lowest BCUT2D eigenvalue weighted by molar-refractivity contribution is -0.145. The van der Waals surface area contributed by atoms with E-state index < -0.39 is 17.2 Å². The Kier molecular flexibility index (Phi) is 6.74. The van der Waals surface area contributed by atoms with Gasteiger partial charge in [0.2, 0.25) is 5.91 Å². The zero-order chi connectivity index (χ0) is 25.5. The van der Waals surface area contributed by atoms with E-state index in [2.05, 4.69) is 48.4 Å². The number of amides is 1. The van der Waals surface area contributed by atoms with Crippen LogP contribution in [0.2, 0.25) is 0 Å². The second kappa shape index (κ2) is 9.69. The minimum Gasteiger partial charge on any atom is -0.353 e. The molecule has 36 heavy (non-hydrogen) atoms. The Bertz CT molecular complexity index is 1100. The lowest BCUT2D eigenvalue weighted by Crippen LogP contribution is -2.54. The molecule has 2 heterocycles. The van der Waals surface area contributed by atoms with Crippen molar-refractivity contribution in [2.24, 2.45) is 11.3 Å². The van der Waals surface area contributed by atoms with Gasteiger partial charge in [-0.2, -0.15) is 13.2 Å². The van der Waals surface area contributed by atoms with Crippen molar-refractivity contribution in [3.63, 3.8) is 0 Å². The Hall–Kier alpha value is -2.61. The number of aryl methyl sites for hydroxylation is 1. The quantitative estimate of drug-likeness (QED) is 0.612. The highest BCUT2D eigenvalue weighted by atomic mass is 19.4. The monoisotopic (exact) mass is 500 g/mol. The van der Waals surface area contributed by atoms with Crippen LogP contribution >= 0.6 is 0 Å². The summed E-state index contributed by atoms with van der Waals surface area (Å²) in [6.07, 6.45) is 1.69. The average Bonchev–Trinajstić information content (AvgIpc) is 3.49. The van der Waals surface area contributed by atoms with E-state index >= 15 is 0 Å². The molecule has 1 N–H and O–H groups in total. The number of pyridine rings is 1. The fourth-order valence-corrected chi connectivity index (χ4v) is 6.42. The molecule has 3 aliphatic rings. The molecule has 1 amide bonds. The lowest BCUT2D eigenvalue weighted by Gasteiger charge is -2.42. The number of nitrogens with one attached hydrogen (secondary N) is 1. The van der Waals surface area contributed by atoms with Crippen molar-refractivity contribution in [1.29, 1.82) is 0 Å². The van der Waals surface area contributed by atoms with Crippen LogP contribution in [0.25, 0.3) is 0 Å². The number of fused-ring (bicyclic) bond motifs is 1. The maximum Gasteiger partial charge on any atom is 0.416 e. The topological polar surface area (TPSA) is 48.5 Å². The van der Waals surface area contributed by atoms with Crippen molar-refractivity contribution in [2.75, 3.05) is 31.1 Å². The molecule has 5 nitrogen and oxygen atoms in total. The molecule has 2 fully saturated rings. The molecular weight excluding hydrogens is 465 g/mol. The molecule has 1 aromatic heterocycles. The summed E-state index contributed by atoms with van der Waals surface area (Å²) in [4.78, 5) is 21.8. The van der Waals surface area contributed by atoms with Gasteiger partial charge >= 0.3 is 6.18 Å². The molecule has 1 aliphatic heterocycles. The third kappa shape index (κ3) is 4.72. The Morgan fingerprint density at radius 1 is 1.11 bits per heavy atom. The molecule has 2 aliphatic carbocycles. The van der Waals surface area contributed by atoms with E-state index in [1.807, 2.05) is 9.80 Å². The van der Waals surface area contributed by atoms with Crippen LogP contribution in [0.3, 0.4) is 0 Å². The summed E-state index contributed by atoms with van der Waals surface area (Å²) < 4.78 is 39.4. The zero-order valence-corrected chi connectivity index (χ0v) is 21.0. The Labute approximate surface area is 211 Å². The number of carbonyl (C=O) groups excluding carboxylic acids is 1. The molecule has 1 saturated carbocycles. The molecule has 194 valence electrons. The third-order valence-electron chi connectivity index (χ3n) is 8.61. The number of hydrogen-bond acceptors (Lipinski definition) is 4. The third-order valence-corrected chi connectivity index (χ3v) is 8.61. The second-order valence-electron chi connectivity index (χ2n) is 10.9. The molecule has 1 unspecified atom stereocenters. The first-order valence-corrected chi connectivity index (χ1v) is 13.1. The van der Waals surface area contributed by atoms with Crippen molar-refractivity contribution in [1.82, 2.24) is 15.2 Å². The highest BCUT2D eigenvalue weighted by Crippen LogP contribution is 2.47. The maximum absolute atomic E-state index is 13.9. The maximum atomic E-state index is 13.9. The molecule has 0 spiro atoms. The fraction of sp³-hybridized carbons (Fsp3) is 0.571. The number of nitrogens with zero attached hydrogens (tertiary/aromatic N) is 3. The first-order chi connectivity index (χ1) is 17.2. The second-order valence-corrected chi connectivity index (χ2v) is 10.9. The standard InChI is InChI=1S/C28H35F3N4O/c1-19(2)27(11-9-22(18-27)33-24-8-7-20-5-3-4-6-23(20)24)26(36)35-15-13-34(14-16-35)25-17-21(10-12-32-25)28(29,30)31/h3-6,10,12,17,19,22,24,33H,7-9,11,13-16,18H2,1-2H3/t22-,24?,27+/m1/s1. The van der Waals surface area contributed by atoms with Gasteiger partial charge in [0.1, 0.15) is 5.82 Å². The predicted molar refractivity (Wildman–Crippen MR) is 134 cm³/mol. The molecule has 2 aromatic rings. The molecular formula is C28H35F3N4O. The lowest BCUT2D eigenvalue weighted by atomic mass is 9.74. The van der Waals surface area contributed by atoms with E-state index in [9.17, 15) is 18.0 Å². The first kappa shape index (κ1) is 25.1. The van der Waals surface area contributed by atoms with Gasteiger partial charge < -0.3 is 15.1 Å². The van der Waals surface area contributed by atoms with Crippen LogP contribution < -0.4 is 10.2 Å². The molecule has 5 rings (SSSR count). The molecule has 8 heteroatoms. The molecule has 3 atom stereocenters. The predicted octanol–water partition coefficient (Wildman–Crippen LogP) is 5.22. The van der Waals surface area contributed by atoms with Gasteiger partial charge in [-0.15, -0.1) is 0 Å². The number of alkyl halides is 3. The minimum absolute atomic E-state index is 0.199. The van der Waals surface area contributed by atoms with E-state index in [1.165, 1.54) is 17.3 Å². The van der Waals surface area contributed by atoms with Gasteiger partial charge in [0.05, 0.1) is 11.0 Å². The van der Waals surface area contributed by atoms with E-state index in [-0.39, 0.29) is 11.8 Å². The Morgan fingerprint density at radius 3 is 2.58 bits per heavy atom. The smallest absolute Gasteiger partial charge is 0.353 e. The number of piperazine rings is 1. The van der Waals surface area contributed by atoms with Crippen molar-refractivity contribution < 1.29 is 18.0 Å². The van der Waals surface area contributed by atoms with E-state index in [1.54, 1.807) is 0 Å². The Balaban J connectivity index is 1.22. The van der Waals surface area contributed by atoms with Crippen LogP contribution in [-0.2, 0) is 17.4 Å². The first-order valence-electron chi connectivity index (χ1n) is 13.1. The van der Waals surface area contributed by atoms with Gasteiger partial charge in [0.15, 0.2) is 0 Å². The summed E-state index contributed by atoms with van der Waals surface area (Å²) in [5.74, 6) is 0.735. The molecule has 1 aromatic carbocycles. The van der Waals surface area contributed by atoms with Crippen molar-refractivity contribution in [2.45, 2.75) is 64.2 Å². The summed E-state index contributed by atoms with van der Waals surface area (Å²) >= 11 is 0. The zero-order valence-electron chi connectivity index (χ0n) is 21.0. The summed E-state index contributed by atoms with van der Waals surface area (Å²) in [5.41, 5.74) is 1.73. The number of aromatic nitrogens is 1. The van der Waals surface area contributed by atoms with Crippen molar-refractivity contribution >= 4 is 11.7 Å². The summed E-state index contributed by atoms with van der Waals surface area (Å²) in [6.45, 7) is 6.25. The van der Waals surface area contributed by atoms with Gasteiger partial charge in [0, 0.05) is 44.5 Å². The van der Waals surface area contributed by atoms with E-state index in [4.69, 9.17) is 0 Å². The van der Waals surface area contributed by atoms with Crippen LogP contribution in [0.15, 0.2) is 42.6 Å². The minimum atomic E-state index is -4.40. The Morgan fingerprint density at radius 2 is 1.86 bits per heavy atom. The van der Waals surface area contributed by atoms with Crippen LogP contribution in [-0.4, -0.2) is 48.0 Å². The summed E-state index contributed by atoms with van der Waals surface area (Å²) in [5, 5.41) is 3.87. The van der Waals surface area contributed by atoms with Crippen LogP contribution in [0.1, 0.15) is 62.3 Å². The highest BCUT2D eigenvalue weighted by Gasteiger charge is 2.50. The van der Waals surface area contributed by atoms with Gasteiger partial charge in [-0.05, 0) is 61.3 Å². The summed E-state index contributed by atoms with van der Waals surface area (Å²) in [7, 11) is 0. The van der Waals surface area contributed by atoms with Crippen molar-refractivity contribution in [3.8, 4) is 0 Å². The van der Waals surface area contributed by atoms with E-state index in [0.717, 1.165) is 44.2 Å². The number of halogens is 3. The van der Waals surface area contributed by atoms with Crippen molar-refractivity contribution in [3.05, 3.63) is 59.3 Å². The SMILES string of the molecule is CC(C)[C@]1(C(=O)N2CCN(c3cc(C(F)(F)F)ccn3)CC2)CC[C@@H](NC2CCc3ccccc32)C1. The molecule has 0 bridgehead atoms. The largest absolute Gasteiger partial charge is 0.416 e. The number of anilines is 1. The van der Waals surface area contributed by atoms with Crippen LogP contribution in [0.4, 0.5) is 19.0 Å². The number of hydrogen-bond donors (Lipinski definition) is 1. The summed E-state index contributed by atoms with van der Waals surface area (Å²) in [6, 6.07) is 11.4. The van der Waals surface area contributed by atoms with E-state index in [0.29, 0.717) is 44.1 Å². The number of benzene rings is 1. The van der Waals surface area contributed by atoms with Crippen LogP contribution in [0.5, 0.6) is 0 Å². The number of carbonyl (C=O) groups is 1. The van der Waals surface area contributed by atoms with Gasteiger partial charge in [-0.1, -0.05) is 38.1 Å². The number of rotatable bonds is 5. The van der Waals surface area contributed by atoms with Gasteiger partial charge in [-0.25, -0.2) is 4.98 Å².